The Morgan fingerprint density at radius 3 is 2.88 bits per heavy atom. The SMILES string of the molecule is N#Cc1ccc(F)c(CN[C@@H]2CC(=O)N(C3CC3)[C@H]2c2cccnc2)c1. The predicted molar refractivity (Wildman–Crippen MR) is 93.2 cm³/mol. The van der Waals surface area contributed by atoms with Gasteiger partial charge >= 0.3 is 0 Å². The number of nitriles is 1. The Morgan fingerprint density at radius 2 is 2.19 bits per heavy atom. The van der Waals surface area contributed by atoms with E-state index in [-0.39, 0.29) is 30.4 Å². The van der Waals surface area contributed by atoms with Crippen LogP contribution in [-0.4, -0.2) is 27.9 Å². The highest BCUT2D eigenvalue weighted by molar-refractivity contribution is 5.81. The molecule has 0 unspecified atom stereocenters. The van der Waals surface area contributed by atoms with Crippen molar-refractivity contribution in [3.63, 3.8) is 0 Å². The third-order valence-corrected chi connectivity index (χ3v) is 5.06. The molecule has 6 heteroatoms. The number of hydrogen-bond donors (Lipinski definition) is 1. The van der Waals surface area contributed by atoms with E-state index in [2.05, 4.69) is 10.3 Å². The molecule has 2 aromatic rings. The lowest BCUT2D eigenvalue weighted by atomic mass is 10.0. The molecule has 0 bridgehead atoms. The predicted octanol–water partition coefficient (Wildman–Crippen LogP) is 2.69. The number of nitrogens with one attached hydrogen (secondary N) is 1. The summed E-state index contributed by atoms with van der Waals surface area (Å²) in [6, 6.07) is 10.3. The fraction of sp³-hybridized carbons (Fsp3) is 0.350. The van der Waals surface area contributed by atoms with Crippen molar-refractivity contribution in [1.82, 2.24) is 15.2 Å². The van der Waals surface area contributed by atoms with Gasteiger partial charge in [0.1, 0.15) is 5.82 Å². The Hall–Kier alpha value is -2.78. The molecule has 26 heavy (non-hydrogen) atoms. The maximum atomic E-state index is 14.1. The van der Waals surface area contributed by atoms with E-state index in [4.69, 9.17) is 5.26 Å². The maximum Gasteiger partial charge on any atom is 0.225 e. The third-order valence-electron chi connectivity index (χ3n) is 5.06. The standard InChI is InChI=1S/C20H19FN4O/c21-17-6-3-13(10-22)8-15(17)12-24-18-9-19(26)25(16-4-5-16)20(18)14-2-1-7-23-11-14/h1-3,6-8,11,16,18,20,24H,4-5,9,12H2/t18-,20+/m1/s1. The summed E-state index contributed by atoms with van der Waals surface area (Å²) >= 11 is 0. The summed E-state index contributed by atoms with van der Waals surface area (Å²) in [5.41, 5.74) is 1.86. The molecule has 1 aromatic carbocycles. The van der Waals surface area contributed by atoms with Gasteiger partial charge < -0.3 is 10.2 Å². The van der Waals surface area contributed by atoms with Gasteiger partial charge in [0.25, 0.3) is 0 Å². The summed E-state index contributed by atoms with van der Waals surface area (Å²) in [7, 11) is 0. The van der Waals surface area contributed by atoms with Crippen LogP contribution < -0.4 is 5.32 Å². The summed E-state index contributed by atoms with van der Waals surface area (Å²) in [6.07, 6.45) is 5.97. The van der Waals surface area contributed by atoms with Crippen molar-refractivity contribution in [3.8, 4) is 6.07 Å². The molecule has 4 rings (SSSR count). The minimum atomic E-state index is -0.349. The quantitative estimate of drug-likeness (QED) is 0.900. The second-order valence-corrected chi connectivity index (χ2v) is 6.87. The Morgan fingerprint density at radius 1 is 1.35 bits per heavy atom. The number of carbonyl (C=O) groups is 1. The minimum Gasteiger partial charge on any atom is -0.331 e. The van der Waals surface area contributed by atoms with Gasteiger partial charge in [-0.25, -0.2) is 4.39 Å². The largest absolute Gasteiger partial charge is 0.331 e. The number of halogens is 1. The Balaban J connectivity index is 1.57. The molecule has 1 N–H and O–H groups in total. The van der Waals surface area contributed by atoms with E-state index in [0.717, 1.165) is 18.4 Å². The average Bonchev–Trinajstić information content (AvgIpc) is 3.44. The maximum absolute atomic E-state index is 14.1. The zero-order valence-electron chi connectivity index (χ0n) is 14.2. The van der Waals surface area contributed by atoms with Gasteiger partial charge in [-0.15, -0.1) is 0 Å². The smallest absolute Gasteiger partial charge is 0.225 e. The molecule has 5 nitrogen and oxygen atoms in total. The lowest BCUT2D eigenvalue weighted by molar-refractivity contribution is -0.129. The van der Waals surface area contributed by atoms with Crippen LogP contribution in [0.4, 0.5) is 4.39 Å². The molecular weight excluding hydrogens is 331 g/mol. The molecular formula is C20H19FN4O. The van der Waals surface area contributed by atoms with E-state index < -0.39 is 0 Å². The summed E-state index contributed by atoms with van der Waals surface area (Å²) in [5, 5.41) is 12.4. The van der Waals surface area contributed by atoms with Crippen molar-refractivity contribution in [2.24, 2.45) is 0 Å². The van der Waals surface area contributed by atoms with Crippen molar-refractivity contribution in [1.29, 1.82) is 5.26 Å². The van der Waals surface area contributed by atoms with Gasteiger partial charge in [0.05, 0.1) is 17.7 Å². The first-order valence-corrected chi connectivity index (χ1v) is 8.80. The van der Waals surface area contributed by atoms with Gasteiger partial charge in [0, 0.05) is 43.0 Å². The number of carbonyl (C=O) groups excluding carboxylic acids is 1. The molecule has 1 amide bonds. The molecule has 2 atom stereocenters. The highest BCUT2D eigenvalue weighted by Crippen LogP contribution is 2.41. The monoisotopic (exact) mass is 350 g/mol. The first-order valence-electron chi connectivity index (χ1n) is 8.80. The summed E-state index contributed by atoms with van der Waals surface area (Å²) in [5.74, 6) is -0.220. The summed E-state index contributed by atoms with van der Waals surface area (Å²) in [6.45, 7) is 0.272. The van der Waals surface area contributed by atoms with Crippen molar-refractivity contribution in [2.75, 3.05) is 0 Å². The number of benzene rings is 1. The van der Waals surface area contributed by atoms with Gasteiger partial charge in [0.2, 0.25) is 5.91 Å². The van der Waals surface area contributed by atoms with E-state index in [1.807, 2.05) is 23.1 Å². The van der Waals surface area contributed by atoms with Crippen LogP contribution in [0.5, 0.6) is 0 Å². The summed E-state index contributed by atoms with van der Waals surface area (Å²) in [4.78, 5) is 18.7. The van der Waals surface area contributed by atoms with E-state index in [0.29, 0.717) is 23.6 Å². The zero-order valence-corrected chi connectivity index (χ0v) is 14.2. The van der Waals surface area contributed by atoms with Gasteiger partial charge in [-0.05, 0) is 42.7 Å². The first kappa shape index (κ1) is 16.7. The van der Waals surface area contributed by atoms with Crippen LogP contribution in [0.2, 0.25) is 0 Å². The summed E-state index contributed by atoms with van der Waals surface area (Å²) < 4.78 is 14.1. The van der Waals surface area contributed by atoms with Crippen LogP contribution in [0.25, 0.3) is 0 Å². The molecule has 0 radical (unpaired) electrons. The molecule has 1 saturated carbocycles. The Bertz CT molecular complexity index is 860. The topological polar surface area (TPSA) is 69.0 Å². The van der Waals surface area contributed by atoms with Crippen molar-refractivity contribution < 1.29 is 9.18 Å². The number of amides is 1. The van der Waals surface area contributed by atoms with Crippen LogP contribution in [0.1, 0.15) is 42.0 Å². The van der Waals surface area contributed by atoms with Crippen LogP contribution >= 0.6 is 0 Å². The van der Waals surface area contributed by atoms with Crippen molar-refractivity contribution in [2.45, 2.75) is 43.9 Å². The molecule has 1 aliphatic carbocycles. The average molecular weight is 350 g/mol. The molecule has 1 aromatic heterocycles. The van der Waals surface area contributed by atoms with Crippen molar-refractivity contribution >= 4 is 5.91 Å². The molecule has 2 heterocycles. The van der Waals surface area contributed by atoms with Gasteiger partial charge in [-0.1, -0.05) is 6.07 Å². The minimum absolute atomic E-state index is 0.0917. The number of pyridine rings is 1. The van der Waals surface area contributed by atoms with E-state index >= 15 is 0 Å². The second kappa shape index (κ2) is 6.85. The number of likely N-dealkylation sites (tertiary alicyclic amines) is 1. The van der Waals surface area contributed by atoms with E-state index in [9.17, 15) is 9.18 Å². The third kappa shape index (κ3) is 3.18. The number of hydrogen-bond acceptors (Lipinski definition) is 4. The first-order chi connectivity index (χ1) is 12.7. The van der Waals surface area contributed by atoms with Gasteiger partial charge in [-0.3, -0.25) is 9.78 Å². The molecule has 0 spiro atoms. The number of aromatic nitrogens is 1. The molecule has 2 aliphatic rings. The fourth-order valence-corrected chi connectivity index (χ4v) is 3.69. The van der Waals surface area contributed by atoms with Crippen LogP contribution in [0.15, 0.2) is 42.7 Å². The zero-order chi connectivity index (χ0) is 18.1. The van der Waals surface area contributed by atoms with Crippen LogP contribution in [-0.2, 0) is 11.3 Å². The second-order valence-electron chi connectivity index (χ2n) is 6.87. The van der Waals surface area contributed by atoms with Crippen LogP contribution in [0, 0.1) is 17.1 Å². The van der Waals surface area contributed by atoms with Crippen LogP contribution in [0.3, 0.4) is 0 Å². The lowest BCUT2D eigenvalue weighted by Crippen LogP contribution is -2.37. The molecule has 1 saturated heterocycles. The van der Waals surface area contributed by atoms with Crippen molar-refractivity contribution in [3.05, 3.63) is 65.2 Å². The highest BCUT2D eigenvalue weighted by atomic mass is 19.1. The molecule has 1 aliphatic heterocycles. The highest BCUT2D eigenvalue weighted by Gasteiger charge is 2.47. The molecule has 132 valence electrons. The number of rotatable bonds is 5. The van der Waals surface area contributed by atoms with E-state index in [1.54, 1.807) is 18.5 Å². The fourth-order valence-electron chi connectivity index (χ4n) is 3.69. The number of nitrogens with zero attached hydrogens (tertiary/aromatic N) is 3. The Labute approximate surface area is 151 Å². The Kier molecular flexibility index (Phi) is 4.39. The molecule has 2 fully saturated rings. The normalized spacial score (nSPS) is 22.5. The van der Waals surface area contributed by atoms with Gasteiger partial charge in [-0.2, -0.15) is 5.26 Å². The lowest BCUT2D eigenvalue weighted by Gasteiger charge is -2.29. The van der Waals surface area contributed by atoms with E-state index in [1.165, 1.54) is 12.1 Å². The van der Waals surface area contributed by atoms with Gasteiger partial charge in [0.15, 0.2) is 0 Å².